The Kier molecular flexibility index (Phi) is 25.8. The van der Waals surface area contributed by atoms with Gasteiger partial charge in [-0.1, -0.05) is 48.0 Å². The molecular formula is C38H64F3N11O10. The smallest absolute Gasteiger partial charge is 0.430 e. The monoisotopic (exact) mass is 891 g/mol. The maximum Gasteiger partial charge on any atom is 0.430 e. The summed E-state index contributed by atoms with van der Waals surface area (Å²) in [5.74, 6) is -7.98. The molecule has 62 heavy (non-hydrogen) atoms. The number of furan rings is 1. The first-order valence-corrected chi connectivity index (χ1v) is 20.1. The Bertz CT molecular complexity index is 1640. The summed E-state index contributed by atoms with van der Waals surface area (Å²) in [5, 5.41) is 24.6. The third-order valence-corrected chi connectivity index (χ3v) is 8.87. The van der Waals surface area contributed by atoms with Crippen molar-refractivity contribution in [1.82, 2.24) is 31.9 Å². The van der Waals surface area contributed by atoms with Crippen molar-refractivity contribution in [3.63, 3.8) is 0 Å². The molecule has 15 N–H and O–H groups in total. The lowest BCUT2D eigenvalue weighted by atomic mass is 9.96. The first kappa shape index (κ1) is 56.1. The van der Waals surface area contributed by atoms with Crippen LogP contribution in [-0.4, -0.2) is 109 Å². The van der Waals surface area contributed by atoms with Gasteiger partial charge in [-0.25, -0.2) is 0 Å². The fraction of sp³-hybridized carbons (Fsp3) is 0.658. The maximum atomic E-state index is 13.6. The molecule has 0 aromatic carbocycles. The van der Waals surface area contributed by atoms with Crippen LogP contribution in [-0.2, 0) is 33.6 Å². The molecule has 21 nitrogen and oxygen atoms in total. The van der Waals surface area contributed by atoms with E-state index >= 15 is 0 Å². The average Bonchev–Trinajstić information content (AvgIpc) is 3.72. The van der Waals surface area contributed by atoms with E-state index in [1.54, 1.807) is 13.0 Å². The number of nitrogens with two attached hydrogens (primary N) is 4. The number of hydrogen-bond acceptors (Lipinski definition) is 11. The molecule has 0 spiro atoms. The van der Waals surface area contributed by atoms with E-state index in [1.165, 1.54) is 12.3 Å². The largest absolute Gasteiger partial charge is 0.542 e. The number of hydrogen-bond donors (Lipinski definition) is 11. The van der Waals surface area contributed by atoms with Gasteiger partial charge in [-0.3, -0.25) is 50.0 Å². The lowest BCUT2D eigenvalue weighted by Gasteiger charge is -2.27. The van der Waals surface area contributed by atoms with Crippen molar-refractivity contribution in [3.05, 3.63) is 24.2 Å². The molecule has 7 amide bonds. The molecule has 6 atom stereocenters. The van der Waals surface area contributed by atoms with E-state index in [-0.39, 0.29) is 68.2 Å². The van der Waals surface area contributed by atoms with Crippen molar-refractivity contribution in [2.75, 3.05) is 19.6 Å². The van der Waals surface area contributed by atoms with Gasteiger partial charge in [0.15, 0.2) is 5.76 Å². The molecule has 0 aliphatic rings. The van der Waals surface area contributed by atoms with Gasteiger partial charge in [0.1, 0.15) is 36.2 Å². The molecule has 1 heterocycles. The Morgan fingerprint density at radius 3 is 1.74 bits per heavy atom. The normalized spacial score (nSPS) is 14.0. The SMILES string of the molecule is CC[C@H](C)[C@H](NC(=O)[C@H](CC(C)C)NC(=O)c1ccco1)C(=O)NCC(=O)N[C@@H](CCC[NH+]=C(N)N)C(=O)N[C@@H](CC(C)C)C(=O)N[C@@H](CCCN)C(N)=O.O=C([O-])C(F)(F)F. The Labute approximate surface area is 358 Å². The zero-order chi connectivity index (χ0) is 47.7. The number of carboxylic acids is 1. The van der Waals surface area contributed by atoms with Gasteiger partial charge in [0.2, 0.25) is 35.4 Å². The molecule has 1 aromatic heterocycles. The molecule has 1 aromatic rings. The van der Waals surface area contributed by atoms with Crippen molar-refractivity contribution in [1.29, 1.82) is 0 Å². The Morgan fingerprint density at radius 2 is 1.27 bits per heavy atom. The lowest BCUT2D eigenvalue weighted by Crippen LogP contribution is -2.78. The van der Waals surface area contributed by atoms with Crippen molar-refractivity contribution in [2.45, 2.75) is 123 Å². The maximum absolute atomic E-state index is 13.6. The summed E-state index contributed by atoms with van der Waals surface area (Å²) in [6.07, 6.45) is -1.79. The second-order valence-electron chi connectivity index (χ2n) is 15.2. The Hall–Kier alpha value is -5.94. The van der Waals surface area contributed by atoms with E-state index in [0.717, 1.165) is 0 Å². The second-order valence-corrected chi connectivity index (χ2v) is 15.2. The number of alkyl halides is 3. The van der Waals surface area contributed by atoms with Crippen LogP contribution >= 0.6 is 0 Å². The van der Waals surface area contributed by atoms with Gasteiger partial charge in [0.25, 0.3) is 5.91 Å². The van der Waals surface area contributed by atoms with E-state index in [2.05, 4.69) is 36.9 Å². The van der Waals surface area contributed by atoms with E-state index in [9.17, 15) is 46.7 Å². The van der Waals surface area contributed by atoms with Crippen LogP contribution in [0.3, 0.4) is 0 Å². The van der Waals surface area contributed by atoms with Crippen molar-refractivity contribution in [3.8, 4) is 0 Å². The van der Waals surface area contributed by atoms with E-state index in [0.29, 0.717) is 19.3 Å². The van der Waals surface area contributed by atoms with Crippen molar-refractivity contribution < 1.29 is 66.0 Å². The van der Waals surface area contributed by atoms with Crippen LogP contribution in [0, 0.1) is 17.8 Å². The van der Waals surface area contributed by atoms with Crippen molar-refractivity contribution >= 4 is 53.3 Å². The first-order chi connectivity index (χ1) is 28.8. The first-order valence-electron chi connectivity index (χ1n) is 20.1. The predicted molar refractivity (Wildman–Crippen MR) is 216 cm³/mol. The van der Waals surface area contributed by atoms with E-state index in [1.807, 2.05) is 34.6 Å². The quantitative estimate of drug-likeness (QED) is 0.0242. The van der Waals surface area contributed by atoms with Gasteiger partial charge in [0, 0.05) is 0 Å². The minimum absolute atomic E-state index is 0.0161. The molecule has 0 saturated carbocycles. The van der Waals surface area contributed by atoms with E-state index in [4.69, 9.17) is 37.3 Å². The fourth-order valence-corrected chi connectivity index (χ4v) is 5.48. The van der Waals surface area contributed by atoms with Gasteiger partial charge in [-0.05, 0) is 75.0 Å². The molecule has 0 aliphatic heterocycles. The molecule has 0 aliphatic carbocycles. The van der Waals surface area contributed by atoms with Crippen LogP contribution in [0.5, 0.6) is 0 Å². The van der Waals surface area contributed by atoms with Crippen LogP contribution in [0.25, 0.3) is 0 Å². The fourth-order valence-electron chi connectivity index (χ4n) is 5.48. The molecule has 0 fully saturated rings. The highest BCUT2D eigenvalue weighted by atomic mass is 19.4. The number of carbonyl (C=O) groups is 8. The van der Waals surface area contributed by atoms with Crippen LogP contribution < -0.4 is 64.9 Å². The number of aliphatic carboxylic acids is 1. The van der Waals surface area contributed by atoms with Crippen LogP contribution in [0.2, 0.25) is 0 Å². The topological polar surface area (TPSA) is 363 Å². The number of guanidine groups is 1. The van der Waals surface area contributed by atoms with Gasteiger partial charge in [-0.2, -0.15) is 13.2 Å². The average molecular weight is 892 g/mol. The third kappa shape index (κ3) is 23.2. The highest BCUT2D eigenvalue weighted by Gasteiger charge is 2.33. The number of rotatable bonds is 26. The summed E-state index contributed by atoms with van der Waals surface area (Å²) >= 11 is 0. The number of halogens is 3. The number of carbonyl (C=O) groups excluding carboxylic acids is 8. The van der Waals surface area contributed by atoms with Crippen LogP contribution in [0.4, 0.5) is 13.2 Å². The molecule has 0 unspecified atom stereocenters. The zero-order valence-corrected chi connectivity index (χ0v) is 35.9. The number of primary amides is 1. The minimum Gasteiger partial charge on any atom is -0.542 e. The predicted octanol–water partition coefficient (Wildman–Crippen LogP) is -3.77. The van der Waals surface area contributed by atoms with E-state index < -0.39 is 90.2 Å². The molecular weight excluding hydrogens is 827 g/mol. The molecule has 0 saturated heterocycles. The molecule has 352 valence electrons. The van der Waals surface area contributed by atoms with Gasteiger partial charge in [0.05, 0.1) is 19.4 Å². The molecule has 0 radical (unpaired) electrons. The second kappa shape index (κ2) is 28.6. The van der Waals surface area contributed by atoms with Gasteiger partial charge >= 0.3 is 12.1 Å². The number of carboxylic acid groups (broad SMARTS) is 1. The Balaban J connectivity index is 0.00000486. The van der Waals surface area contributed by atoms with Crippen molar-refractivity contribution in [2.24, 2.45) is 40.7 Å². The van der Waals surface area contributed by atoms with Crippen LogP contribution in [0.15, 0.2) is 22.8 Å². The highest BCUT2D eigenvalue weighted by Crippen LogP contribution is 2.13. The Morgan fingerprint density at radius 1 is 0.758 bits per heavy atom. The molecule has 24 heteroatoms. The van der Waals surface area contributed by atoms with Gasteiger partial charge < -0.3 is 57.7 Å². The molecule has 1 rings (SSSR count). The third-order valence-electron chi connectivity index (χ3n) is 8.87. The summed E-state index contributed by atoms with van der Waals surface area (Å²) in [4.78, 5) is 103. The summed E-state index contributed by atoms with van der Waals surface area (Å²) in [7, 11) is 0. The number of amides is 7. The number of nitrogens with one attached hydrogen (secondary N) is 7. The van der Waals surface area contributed by atoms with Crippen LogP contribution in [0.1, 0.15) is 97.0 Å². The summed E-state index contributed by atoms with van der Waals surface area (Å²) in [5.41, 5.74) is 22.0. The zero-order valence-electron chi connectivity index (χ0n) is 35.9. The van der Waals surface area contributed by atoms with Gasteiger partial charge in [-0.15, -0.1) is 0 Å². The standard InChI is InChI=1S/C36H63N11O8.C2HF3O2/c1-7-22(6)29(47-33(52)26(18-21(4)5)46-34(53)27-13-10-16-55-27)35(54)42-19-28(48)43-24(12-9-15-41-36(39)40)31(50)45-25(17-20(2)3)32(51)44-23(30(38)49)11-8-14-37;3-2(4,5)1(6)7/h10,13,16,20-26,29H,7-9,11-12,14-15,17-19,37H2,1-6H3,(H2,38,49)(H,42,54)(H,43,48)(H,44,51)(H,45,50)(H,46,53)(H,47,52)(H4,39,40,41);(H,6,7)/t22-,23-,24-,25-,26-,29-;/m0./s1. The highest BCUT2D eigenvalue weighted by molar-refractivity contribution is 5.98. The summed E-state index contributed by atoms with van der Waals surface area (Å²) in [6.45, 7) is 11.1. The summed E-state index contributed by atoms with van der Waals surface area (Å²) in [6, 6.07) is -2.24. The lowest BCUT2D eigenvalue weighted by molar-refractivity contribution is -0.459. The molecule has 0 bridgehead atoms. The summed E-state index contributed by atoms with van der Waals surface area (Å²) < 4.78 is 36.7. The minimum atomic E-state index is -5.19.